The van der Waals surface area contributed by atoms with Crippen LogP contribution >= 0.6 is 31.9 Å². The fourth-order valence-corrected chi connectivity index (χ4v) is 2.80. The average Bonchev–Trinajstić information content (AvgIpc) is 2.65. The zero-order valence-electron chi connectivity index (χ0n) is 15.3. The third-order valence-corrected chi connectivity index (χ3v) is 5.14. The van der Waals surface area contributed by atoms with Crippen molar-refractivity contribution in [3.8, 4) is 0 Å². The van der Waals surface area contributed by atoms with Gasteiger partial charge in [-0.3, -0.25) is 14.4 Å². The van der Waals surface area contributed by atoms with Crippen LogP contribution in [0.2, 0.25) is 0 Å². The molecule has 2 aromatic carbocycles. The molecular formula is C20H20Br2N2O4. The third kappa shape index (κ3) is 7.82. The van der Waals surface area contributed by atoms with E-state index in [1.807, 2.05) is 31.2 Å². The second-order valence-corrected chi connectivity index (χ2v) is 7.85. The minimum Gasteiger partial charge on any atom is -0.456 e. The zero-order valence-corrected chi connectivity index (χ0v) is 18.4. The molecule has 2 N–H and O–H groups in total. The van der Waals surface area contributed by atoms with Gasteiger partial charge in [-0.2, -0.15) is 0 Å². The van der Waals surface area contributed by atoms with E-state index in [2.05, 4.69) is 42.5 Å². The lowest BCUT2D eigenvalue weighted by atomic mass is 10.2. The van der Waals surface area contributed by atoms with Crippen LogP contribution < -0.4 is 10.6 Å². The molecular weight excluding hydrogens is 492 g/mol. The lowest BCUT2D eigenvalue weighted by Gasteiger charge is -2.08. The zero-order chi connectivity index (χ0) is 20.5. The predicted octanol–water partition coefficient (Wildman–Crippen LogP) is 4.81. The van der Waals surface area contributed by atoms with Crippen molar-refractivity contribution >= 4 is 61.0 Å². The first-order valence-electron chi connectivity index (χ1n) is 8.60. The van der Waals surface area contributed by atoms with Crippen LogP contribution in [0.25, 0.3) is 0 Å². The van der Waals surface area contributed by atoms with E-state index in [0.29, 0.717) is 17.8 Å². The molecule has 0 heterocycles. The number of hydrogen-bond donors (Lipinski definition) is 2. The highest BCUT2D eigenvalue weighted by Gasteiger charge is 2.10. The van der Waals surface area contributed by atoms with Gasteiger partial charge in [0, 0.05) is 33.2 Å². The number of nitrogens with one attached hydrogen (secondary N) is 2. The Bertz CT molecular complexity index is 854. The second-order valence-electron chi connectivity index (χ2n) is 6.08. The van der Waals surface area contributed by atoms with E-state index in [9.17, 15) is 14.4 Å². The number of amides is 2. The van der Waals surface area contributed by atoms with Crippen LogP contribution in [0, 0.1) is 6.92 Å². The predicted molar refractivity (Wildman–Crippen MR) is 115 cm³/mol. The van der Waals surface area contributed by atoms with Crippen molar-refractivity contribution in [1.82, 2.24) is 0 Å². The highest BCUT2D eigenvalue weighted by molar-refractivity contribution is 9.10. The molecule has 0 atom stereocenters. The summed E-state index contributed by atoms with van der Waals surface area (Å²) in [5.74, 6) is -1.11. The van der Waals surface area contributed by atoms with E-state index < -0.39 is 11.9 Å². The van der Waals surface area contributed by atoms with E-state index in [1.54, 1.807) is 18.2 Å². The average molecular weight is 512 g/mol. The van der Waals surface area contributed by atoms with Crippen molar-refractivity contribution in [2.45, 2.75) is 26.2 Å². The summed E-state index contributed by atoms with van der Waals surface area (Å²) >= 11 is 6.71. The number of carbonyl (C=O) groups excluding carboxylic acids is 3. The molecule has 0 saturated heterocycles. The van der Waals surface area contributed by atoms with Gasteiger partial charge in [0.05, 0.1) is 0 Å². The summed E-state index contributed by atoms with van der Waals surface area (Å²) in [7, 11) is 0. The number of rotatable bonds is 8. The van der Waals surface area contributed by atoms with E-state index >= 15 is 0 Å². The first-order chi connectivity index (χ1) is 13.3. The Morgan fingerprint density at radius 3 is 2.21 bits per heavy atom. The summed E-state index contributed by atoms with van der Waals surface area (Å²) < 4.78 is 6.82. The molecule has 0 unspecified atom stereocenters. The molecule has 0 saturated carbocycles. The third-order valence-electron chi connectivity index (χ3n) is 3.72. The van der Waals surface area contributed by atoms with Gasteiger partial charge in [-0.1, -0.05) is 31.9 Å². The first kappa shape index (κ1) is 22.1. The van der Waals surface area contributed by atoms with Crippen molar-refractivity contribution in [3.05, 3.63) is 57.0 Å². The van der Waals surface area contributed by atoms with E-state index in [4.69, 9.17) is 4.74 Å². The Balaban J connectivity index is 1.63. The molecule has 0 aromatic heterocycles. The number of hydrogen-bond acceptors (Lipinski definition) is 4. The molecule has 0 radical (unpaired) electrons. The van der Waals surface area contributed by atoms with Gasteiger partial charge in [0.15, 0.2) is 6.61 Å². The normalized spacial score (nSPS) is 10.2. The smallest absolute Gasteiger partial charge is 0.306 e. The highest BCUT2D eigenvalue weighted by Crippen LogP contribution is 2.20. The summed E-state index contributed by atoms with van der Waals surface area (Å²) in [5, 5.41) is 5.42. The Labute approximate surface area is 180 Å². The highest BCUT2D eigenvalue weighted by atomic mass is 79.9. The summed E-state index contributed by atoms with van der Waals surface area (Å²) in [6.07, 6.45) is 0.600. The van der Waals surface area contributed by atoms with Crippen LogP contribution in [0.15, 0.2) is 51.4 Å². The minimum atomic E-state index is -0.515. The molecule has 0 fully saturated rings. The van der Waals surface area contributed by atoms with Gasteiger partial charge in [0.25, 0.3) is 5.91 Å². The van der Waals surface area contributed by atoms with Crippen molar-refractivity contribution in [1.29, 1.82) is 0 Å². The Kier molecular flexibility index (Phi) is 8.66. The van der Waals surface area contributed by atoms with Gasteiger partial charge < -0.3 is 15.4 Å². The molecule has 6 nitrogen and oxygen atoms in total. The van der Waals surface area contributed by atoms with Gasteiger partial charge >= 0.3 is 5.97 Å². The van der Waals surface area contributed by atoms with Crippen molar-refractivity contribution in [2.24, 2.45) is 0 Å². The van der Waals surface area contributed by atoms with Gasteiger partial charge in [0.2, 0.25) is 5.91 Å². The SMILES string of the molecule is Cc1cc(NC(=O)COC(=O)CCCC(=O)Nc2ccc(Br)cc2)ccc1Br. The van der Waals surface area contributed by atoms with Crippen molar-refractivity contribution < 1.29 is 19.1 Å². The molecule has 2 rings (SSSR count). The molecule has 28 heavy (non-hydrogen) atoms. The topological polar surface area (TPSA) is 84.5 Å². The van der Waals surface area contributed by atoms with Crippen LogP contribution in [0.3, 0.4) is 0 Å². The lowest BCUT2D eigenvalue weighted by Crippen LogP contribution is -2.21. The molecule has 0 aliphatic rings. The number of aryl methyl sites for hydroxylation is 1. The van der Waals surface area contributed by atoms with Crippen LogP contribution in [0.4, 0.5) is 11.4 Å². The molecule has 148 valence electrons. The fourth-order valence-electron chi connectivity index (χ4n) is 2.29. The van der Waals surface area contributed by atoms with E-state index in [0.717, 1.165) is 14.5 Å². The van der Waals surface area contributed by atoms with Gasteiger partial charge in [-0.25, -0.2) is 0 Å². The van der Waals surface area contributed by atoms with Crippen LogP contribution in [0.1, 0.15) is 24.8 Å². The number of benzene rings is 2. The van der Waals surface area contributed by atoms with Gasteiger partial charge in [-0.15, -0.1) is 0 Å². The number of ether oxygens (including phenoxy) is 1. The maximum Gasteiger partial charge on any atom is 0.306 e. The number of halogens is 2. The molecule has 8 heteroatoms. The van der Waals surface area contributed by atoms with E-state index in [1.165, 1.54) is 0 Å². The lowest BCUT2D eigenvalue weighted by molar-refractivity contribution is -0.147. The maximum atomic E-state index is 11.9. The Morgan fingerprint density at radius 1 is 0.893 bits per heavy atom. The molecule has 0 spiro atoms. The van der Waals surface area contributed by atoms with Crippen LogP contribution in [0.5, 0.6) is 0 Å². The van der Waals surface area contributed by atoms with Crippen molar-refractivity contribution in [2.75, 3.05) is 17.2 Å². The minimum absolute atomic E-state index is 0.0679. The Hall–Kier alpha value is -2.19. The molecule has 2 aromatic rings. The second kappa shape index (κ2) is 11.0. The largest absolute Gasteiger partial charge is 0.456 e. The van der Waals surface area contributed by atoms with Crippen LogP contribution in [-0.4, -0.2) is 24.4 Å². The van der Waals surface area contributed by atoms with Crippen molar-refractivity contribution in [3.63, 3.8) is 0 Å². The summed E-state index contributed by atoms with van der Waals surface area (Å²) in [6, 6.07) is 12.6. The number of anilines is 2. The van der Waals surface area contributed by atoms with Crippen LogP contribution in [-0.2, 0) is 19.1 Å². The maximum absolute atomic E-state index is 11.9. The molecule has 0 aliphatic heterocycles. The van der Waals surface area contributed by atoms with Gasteiger partial charge in [-0.05, 0) is 61.4 Å². The first-order valence-corrected chi connectivity index (χ1v) is 10.2. The molecule has 0 aliphatic carbocycles. The Morgan fingerprint density at radius 2 is 1.54 bits per heavy atom. The monoisotopic (exact) mass is 510 g/mol. The fraction of sp³-hybridized carbons (Fsp3) is 0.250. The van der Waals surface area contributed by atoms with Gasteiger partial charge in [0.1, 0.15) is 0 Å². The van der Waals surface area contributed by atoms with E-state index in [-0.39, 0.29) is 25.4 Å². The molecule has 0 bridgehead atoms. The summed E-state index contributed by atoms with van der Waals surface area (Å²) in [5.41, 5.74) is 2.30. The quantitative estimate of drug-likeness (QED) is 0.498. The number of esters is 1. The summed E-state index contributed by atoms with van der Waals surface area (Å²) in [4.78, 5) is 35.4. The summed E-state index contributed by atoms with van der Waals surface area (Å²) in [6.45, 7) is 1.55. The number of carbonyl (C=O) groups is 3. The molecule has 2 amide bonds. The standard InChI is InChI=1S/C20H20Br2N2O4/c1-13-11-16(9-10-17(13)22)24-19(26)12-28-20(27)4-2-3-18(25)23-15-7-5-14(21)6-8-15/h5-11H,2-4,12H2,1H3,(H,23,25)(H,24,26).